The second kappa shape index (κ2) is 7.26. The van der Waals surface area contributed by atoms with Crippen molar-refractivity contribution in [2.45, 2.75) is 31.3 Å². The van der Waals surface area contributed by atoms with Crippen LogP contribution in [-0.4, -0.2) is 37.0 Å². The molecule has 0 aliphatic carbocycles. The Kier molecular flexibility index (Phi) is 5.38. The molecular weight excluding hydrogens is 308 g/mol. The van der Waals surface area contributed by atoms with Crippen molar-refractivity contribution in [3.8, 4) is 0 Å². The van der Waals surface area contributed by atoms with Crippen LogP contribution in [0.3, 0.4) is 0 Å². The van der Waals surface area contributed by atoms with Crippen LogP contribution in [0.2, 0.25) is 5.02 Å². The molecule has 7 heteroatoms. The summed E-state index contributed by atoms with van der Waals surface area (Å²) in [7, 11) is 1.26. The van der Waals surface area contributed by atoms with Gasteiger partial charge in [0.25, 0.3) is 0 Å². The number of amides is 2. The molecule has 2 N–H and O–H groups in total. The summed E-state index contributed by atoms with van der Waals surface area (Å²) in [5.74, 6) is -1.07. The number of ether oxygens (including phenoxy) is 1. The Morgan fingerprint density at radius 3 is 2.64 bits per heavy atom. The standard InChI is InChI=1S/C15H17ClN2O4/c1-22-15(21)12(8-9-2-4-10(16)5-3-9)18-14(20)11-6-7-13(19)17-11/h2-5,11-12H,6-8H2,1H3,(H,17,19)(H,18,20)/t11-,12+/m0/s1. The average molecular weight is 325 g/mol. The van der Waals surface area contributed by atoms with Crippen LogP contribution in [0.4, 0.5) is 0 Å². The molecule has 0 bridgehead atoms. The van der Waals surface area contributed by atoms with Gasteiger partial charge in [-0.1, -0.05) is 23.7 Å². The Morgan fingerprint density at radius 2 is 2.09 bits per heavy atom. The number of rotatable bonds is 5. The molecule has 2 amide bonds. The summed E-state index contributed by atoms with van der Waals surface area (Å²) in [6.07, 6.45) is 1.04. The minimum absolute atomic E-state index is 0.160. The molecule has 6 nitrogen and oxygen atoms in total. The third-order valence-electron chi connectivity index (χ3n) is 3.47. The maximum Gasteiger partial charge on any atom is 0.328 e. The van der Waals surface area contributed by atoms with Gasteiger partial charge in [-0.2, -0.15) is 0 Å². The molecule has 118 valence electrons. The van der Waals surface area contributed by atoms with Gasteiger partial charge in [0.15, 0.2) is 0 Å². The molecule has 1 aromatic carbocycles. The first-order valence-corrected chi connectivity index (χ1v) is 7.29. The Balaban J connectivity index is 2.02. The van der Waals surface area contributed by atoms with Crippen LogP contribution in [0.1, 0.15) is 18.4 Å². The van der Waals surface area contributed by atoms with Crippen molar-refractivity contribution in [3.63, 3.8) is 0 Å². The molecule has 1 aliphatic rings. The maximum atomic E-state index is 12.1. The summed E-state index contributed by atoms with van der Waals surface area (Å²) >= 11 is 5.82. The van der Waals surface area contributed by atoms with Crippen molar-refractivity contribution in [2.24, 2.45) is 0 Å². The van der Waals surface area contributed by atoms with Crippen LogP contribution in [0.5, 0.6) is 0 Å². The monoisotopic (exact) mass is 324 g/mol. The van der Waals surface area contributed by atoms with Gasteiger partial charge in [-0.3, -0.25) is 9.59 Å². The fourth-order valence-corrected chi connectivity index (χ4v) is 2.40. The van der Waals surface area contributed by atoms with Gasteiger partial charge in [-0.25, -0.2) is 4.79 Å². The second-order valence-corrected chi connectivity index (χ2v) is 5.51. The topological polar surface area (TPSA) is 84.5 Å². The molecule has 0 spiro atoms. The number of benzene rings is 1. The van der Waals surface area contributed by atoms with Crippen LogP contribution < -0.4 is 10.6 Å². The quantitative estimate of drug-likeness (QED) is 0.785. The lowest BCUT2D eigenvalue weighted by atomic mass is 10.1. The number of hydrogen-bond acceptors (Lipinski definition) is 4. The molecule has 0 saturated carbocycles. The van der Waals surface area contributed by atoms with Crippen LogP contribution in [0.15, 0.2) is 24.3 Å². The molecule has 0 radical (unpaired) electrons. The largest absolute Gasteiger partial charge is 0.467 e. The zero-order valence-electron chi connectivity index (χ0n) is 12.1. The van der Waals surface area contributed by atoms with Crippen molar-refractivity contribution in [1.82, 2.24) is 10.6 Å². The third kappa shape index (κ3) is 4.21. The number of carbonyl (C=O) groups excluding carboxylic acids is 3. The van der Waals surface area contributed by atoms with E-state index in [9.17, 15) is 14.4 Å². The maximum absolute atomic E-state index is 12.1. The van der Waals surface area contributed by atoms with Gasteiger partial charge >= 0.3 is 5.97 Å². The molecule has 2 atom stereocenters. The van der Waals surface area contributed by atoms with Gasteiger partial charge < -0.3 is 15.4 Å². The first-order valence-electron chi connectivity index (χ1n) is 6.91. The summed E-state index contributed by atoms with van der Waals surface area (Å²) in [5.41, 5.74) is 0.843. The Hall–Kier alpha value is -2.08. The van der Waals surface area contributed by atoms with Gasteiger partial charge in [0.2, 0.25) is 11.8 Å². The molecule has 0 unspecified atom stereocenters. The number of methoxy groups -OCH3 is 1. The van der Waals surface area contributed by atoms with E-state index >= 15 is 0 Å². The predicted octanol–water partition coefficient (Wildman–Crippen LogP) is 0.819. The van der Waals surface area contributed by atoms with Crippen molar-refractivity contribution < 1.29 is 19.1 Å². The van der Waals surface area contributed by atoms with Gasteiger partial charge in [-0.15, -0.1) is 0 Å². The minimum atomic E-state index is -0.809. The number of esters is 1. The van der Waals surface area contributed by atoms with E-state index in [1.165, 1.54) is 7.11 Å². The fourth-order valence-electron chi connectivity index (χ4n) is 2.27. The van der Waals surface area contributed by atoms with Crippen LogP contribution in [0, 0.1) is 0 Å². The molecule has 1 aromatic rings. The van der Waals surface area contributed by atoms with E-state index in [-0.39, 0.29) is 18.2 Å². The highest BCUT2D eigenvalue weighted by atomic mass is 35.5. The van der Waals surface area contributed by atoms with Gasteiger partial charge in [0, 0.05) is 17.9 Å². The summed E-state index contributed by atoms with van der Waals surface area (Å²) in [6, 6.07) is 5.58. The van der Waals surface area contributed by atoms with E-state index in [2.05, 4.69) is 10.6 Å². The minimum Gasteiger partial charge on any atom is -0.467 e. The Labute approximate surface area is 133 Å². The lowest BCUT2D eigenvalue weighted by molar-refractivity contribution is -0.145. The van der Waals surface area contributed by atoms with Crippen molar-refractivity contribution in [1.29, 1.82) is 0 Å². The predicted molar refractivity (Wildman–Crippen MR) is 80.3 cm³/mol. The van der Waals surface area contributed by atoms with E-state index in [0.29, 0.717) is 17.9 Å². The highest BCUT2D eigenvalue weighted by Crippen LogP contribution is 2.12. The summed E-state index contributed by atoms with van der Waals surface area (Å²) in [5, 5.41) is 5.79. The zero-order valence-corrected chi connectivity index (χ0v) is 12.9. The number of carbonyl (C=O) groups is 3. The summed E-state index contributed by atoms with van der Waals surface area (Å²) < 4.78 is 4.73. The van der Waals surface area contributed by atoms with E-state index in [4.69, 9.17) is 16.3 Å². The molecule has 1 fully saturated rings. The summed E-state index contributed by atoms with van der Waals surface area (Å²) in [6.45, 7) is 0. The Bertz CT molecular complexity index is 573. The van der Waals surface area contributed by atoms with Crippen molar-refractivity contribution in [3.05, 3.63) is 34.9 Å². The molecule has 0 aromatic heterocycles. The van der Waals surface area contributed by atoms with E-state index in [1.54, 1.807) is 24.3 Å². The third-order valence-corrected chi connectivity index (χ3v) is 3.72. The van der Waals surface area contributed by atoms with E-state index in [1.807, 2.05) is 0 Å². The lowest BCUT2D eigenvalue weighted by Crippen LogP contribution is -2.49. The molecule has 1 saturated heterocycles. The van der Waals surface area contributed by atoms with Crippen LogP contribution >= 0.6 is 11.6 Å². The normalized spacial score (nSPS) is 18.5. The van der Waals surface area contributed by atoms with E-state index in [0.717, 1.165) is 5.56 Å². The van der Waals surface area contributed by atoms with Gasteiger partial charge in [-0.05, 0) is 24.1 Å². The number of nitrogens with one attached hydrogen (secondary N) is 2. The highest BCUT2D eigenvalue weighted by Gasteiger charge is 2.30. The molecular formula is C15H17ClN2O4. The Morgan fingerprint density at radius 1 is 1.41 bits per heavy atom. The molecule has 1 aliphatic heterocycles. The van der Waals surface area contributed by atoms with Crippen molar-refractivity contribution >= 4 is 29.4 Å². The van der Waals surface area contributed by atoms with Gasteiger partial charge in [0.1, 0.15) is 12.1 Å². The van der Waals surface area contributed by atoms with Gasteiger partial charge in [0.05, 0.1) is 7.11 Å². The molecule has 2 rings (SSSR count). The van der Waals surface area contributed by atoms with E-state index < -0.39 is 18.1 Å². The summed E-state index contributed by atoms with van der Waals surface area (Å²) in [4.78, 5) is 35.1. The molecule has 1 heterocycles. The number of hydrogen-bond donors (Lipinski definition) is 2. The highest BCUT2D eigenvalue weighted by molar-refractivity contribution is 6.30. The second-order valence-electron chi connectivity index (χ2n) is 5.07. The number of halogens is 1. The average Bonchev–Trinajstić information content (AvgIpc) is 2.94. The smallest absolute Gasteiger partial charge is 0.328 e. The van der Waals surface area contributed by atoms with Crippen LogP contribution in [0.25, 0.3) is 0 Å². The first kappa shape index (κ1) is 16.3. The lowest BCUT2D eigenvalue weighted by Gasteiger charge is -2.19. The zero-order chi connectivity index (χ0) is 16.1. The molecule has 22 heavy (non-hydrogen) atoms. The SMILES string of the molecule is COC(=O)[C@@H](Cc1ccc(Cl)cc1)NC(=O)[C@@H]1CCC(=O)N1. The fraction of sp³-hybridized carbons (Fsp3) is 0.400. The van der Waals surface area contributed by atoms with Crippen molar-refractivity contribution in [2.75, 3.05) is 7.11 Å². The first-order chi connectivity index (χ1) is 10.5. The van der Waals surface area contributed by atoms with Crippen LogP contribution in [-0.2, 0) is 25.5 Å².